The lowest BCUT2D eigenvalue weighted by molar-refractivity contribution is -0.117. The van der Waals surface area contributed by atoms with Crippen molar-refractivity contribution in [3.63, 3.8) is 0 Å². The second-order valence-corrected chi connectivity index (χ2v) is 3.64. The summed E-state index contributed by atoms with van der Waals surface area (Å²) in [6.45, 7) is 3.57. The molecular weight excluding hydrogens is 220 g/mol. The second kappa shape index (κ2) is 3.90. The summed E-state index contributed by atoms with van der Waals surface area (Å²) in [7, 11) is 0. The Hall–Kier alpha value is -0.570. The van der Waals surface area contributed by atoms with Gasteiger partial charge in [0, 0.05) is 12.8 Å². The first kappa shape index (κ1) is 9.52. The highest BCUT2D eigenvalue weighted by Crippen LogP contribution is 2.20. The molecule has 0 aromatic carbocycles. The van der Waals surface area contributed by atoms with Gasteiger partial charge >= 0.3 is 0 Å². The average molecular weight is 231 g/mol. The number of furan rings is 1. The Labute approximate surface area is 80.1 Å². The van der Waals surface area contributed by atoms with Gasteiger partial charge in [0.05, 0.1) is 0 Å². The highest BCUT2D eigenvalue weighted by molar-refractivity contribution is 9.10. The summed E-state index contributed by atoms with van der Waals surface area (Å²) >= 11 is 3.24. The quantitative estimate of drug-likeness (QED) is 0.800. The molecule has 0 aliphatic rings. The maximum absolute atomic E-state index is 10.7. The molecule has 0 spiro atoms. The number of rotatable bonds is 3. The molecule has 1 rings (SSSR count). The zero-order chi connectivity index (χ0) is 9.14. The molecule has 12 heavy (non-hydrogen) atoms. The molecule has 1 aromatic heterocycles. The van der Waals surface area contributed by atoms with Crippen LogP contribution in [0.4, 0.5) is 0 Å². The summed E-state index contributed by atoms with van der Waals surface area (Å²) < 4.78 is 6.06. The predicted octanol–water partition coefficient (Wildman–Crippen LogP) is 2.87. The lowest BCUT2D eigenvalue weighted by Gasteiger charge is -1.94. The molecule has 0 radical (unpaired) electrons. The number of hydrogen-bond donors (Lipinski definition) is 0. The highest BCUT2D eigenvalue weighted by Gasteiger charge is 2.06. The molecule has 0 amide bonds. The highest BCUT2D eigenvalue weighted by atomic mass is 79.9. The van der Waals surface area contributed by atoms with E-state index in [1.165, 1.54) is 0 Å². The van der Waals surface area contributed by atoms with Crippen molar-refractivity contribution in [2.45, 2.75) is 26.7 Å². The first-order valence-corrected chi connectivity index (χ1v) is 4.63. The lowest BCUT2D eigenvalue weighted by Crippen LogP contribution is -1.93. The van der Waals surface area contributed by atoms with E-state index in [2.05, 4.69) is 15.9 Å². The normalized spacial score (nSPS) is 10.2. The van der Waals surface area contributed by atoms with Crippen LogP contribution in [0.25, 0.3) is 0 Å². The molecule has 0 aliphatic carbocycles. The minimum absolute atomic E-state index is 0.196. The summed E-state index contributed by atoms with van der Waals surface area (Å²) in [5.74, 6) is 1.10. The monoisotopic (exact) mass is 230 g/mol. The molecule has 0 aliphatic heterocycles. The Morgan fingerprint density at radius 1 is 1.67 bits per heavy atom. The van der Waals surface area contributed by atoms with E-state index in [0.717, 1.165) is 16.0 Å². The van der Waals surface area contributed by atoms with Gasteiger partial charge < -0.3 is 9.21 Å². The van der Waals surface area contributed by atoms with Crippen molar-refractivity contribution in [2.24, 2.45) is 0 Å². The van der Waals surface area contributed by atoms with Crippen molar-refractivity contribution in [1.82, 2.24) is 0 Å². The van der Waals surface area contributed by atoms with Crippen molar-refractivity contribution in [1.29, 1.82) is 0 Å². The lowest BCUT2D eigenvalue weighted by atomic mass is 10.1. The van der Waals surface area contributed by atoms with E-state index in [1.807, 2.05) is 13.0 Å². The van der Waals surface area contributed by atoms with Gasteiger partial charge in [0.25, 0.3) is 0 Å². The molecule has 0 fully saturated rings. The van der Waals surface area contributed by atoms with Crippen LogP contribution in [0.2, 0.25) is 0 Å². The topological polar surface area (TPSA) is 30.2 Å². The van der Waals surface area contributed by atoms with Crippen LogP contribution in [0.3, 0.4) is 0 Å². The van der Waals surface area contributed by atoms with Gasteiger partial charge in [-0.3, -0.25) is 0 Å². The van der Waals surface area contributed by atoms with Crippen LogP contribution in [0.5, 0.6) is 0 Å². The van der Waals surface area contributed by atoms with Crippen LogP contribution in [-0.2, 0) is 11.2 Å². The van der Waals surface area contributed by atoms with Gasteiger partial charge in [-0.1, -0.05) is 0 Å². The fourth-order valence-electron chi connectivity index (χ4n) is 1.02. The first-order valence-electron chi connectivity index (χ1n) is 3.84. The van der Waals surface area contributed by atoms with Crippen molar-refractivity contribution in [2.75, 3.05) is 0 Å². The Bertz CT molecular complexity index is 289. The maximum atomic E-state index is 10.7. The van der Waals surface area contributed by atoms with E-state index < -0.39 is 0 Å². The predicted molar refractivity (Wildman–Crippen MR) is 50.1 cm³/mol. The summed E-state index contributed by atoms with van der Waals surface area (Å²) in [5.41, 5.74) is 1.10. The Morgan fingerprint density at radius 2 is 2.33 bits per heavy atom. The summed E-state index contributed by atoms with van der Waals surface area (Å²) in [4.78, 5) is 10.7. The third-order valence-electron chi connectivity index (χ3n) is 1.69. The largest absolute Gasteiger partial charge is 0.454 e. The van der Waals surface area contributed by atoms with Gasteiger partial charge in [0.15, 0.2) is 4.67 Å². The fourth-order valence-corrected chi connectivity index (χ4v) is 1.55. The molecule has 3 heteroatoms. The zero-order valence-corrected chi connectivity index (χ0v) is 8.77. The molecule has 0 saturated heterocycles. The third kappa shape index (κ3) is 2.48. The first-order chi connectivity index (χ1) is 5.59. The molecule has 66 valence electrons. The minimum Gasteiger partial charge on any atom is -0.454 e. The fraction of sp³-hybridized carbons (Fsp3) is 0.444. The third-order valence-corrected chi connectivity index (χ3v) is 2.09. The number of carbonyl (C=O) groups is 1. The van der Waals surface area contributed by atoms with Crippen molar-refractivity contribution in [3.8, 4) is 0 Å². The van der Waals surface area contributed by atoms with Crippen LogP contribution in [0.1, 0.15) is 24.7 Å². The van der Waals surface area contributed by atoms with Crippen molar-refractivity contribution < 1.29 is 9.21 Å². The summed E-state index contributed by atoms with van der Waals surface area (Å²) in [5, 5.41) is 0. The van der Waals surface area contributed by atoms with Gasteiger partial charge in [0.1, 0.15) is 11.5 Å². The van der Waals surface area contributed by atoms with E-state index in [4.69, 9.17) is 4.42 Å². The SMILES string of the molecule is CC(=O)CCc1oc(Br)cc1C. The smallest absolute Gasteiger partial charge is 0.169 e. The van der Waals surface area contributed by atoms with Gasteiger partial charge in [-0.15, -0.1) is 0 Å². The van der Waals surface area contributed by atoms with E-state index in [9.17, 15) is 4.79 Å². The number of carbonyl (C=O) groups excluding carboxylic acids is 1. The number of halogens is 1. The summed E-state index contributed by atoms with van der Waals surface area (Å²) in [6, 6.07) is 1.91. The Balaban J connectivity index is 2.62. The standard InChI is InChI=1S/C9H11BrO2/c1-6-5-9(10)12-8(6)4-3-7(2)11/h5H,3-4H2,1-2H3. The zero-order valence-electron chi connectivity index (χ0n) is 7.19. The van der Waals surface area contributed by atoms with Gasteiger partial charge in [-0.25, -0.2) is 0 Å². The van der Waals surface area contributed by atoms with E-state index >= 15 is 0 Å². The van der Waals surface area contributed by atoms with Crippen molar-refractivity contribution in [3.05, 3.63) is 22.1 Å². The molecule has 2 nitrogen and oxygen atoms in total. The molecule has 0 N–H and O–H groups in total. The van der Waals surface area contributed by atoms with Gasteiger partial charge in [0.2, 0.25) is 0 Å². The summed E-state index contributed by atoms with van der Waals surface area (Å²) in [6.07, 6.45) is 1.26. The molecule has 1 aromatic rings. The molecular formula is C9H11BrO2. The van der Waals surface area contributed by atoms with Crippen LogP contribution < -0.4 is 0 Å². The van der Waals surface area contributed by atoms with Crippen molar-refractivity contribution >= 4 is 21.7 Å². The van der Waals surface area contributed by atoms with Crippen LogP contribution >= 0.6 is 15.9 Å². The number of hydrogen-bond acceptors (Lipinski definition) is 2. The molecule has 0 unspecified atom stereocenters. The van der Waals surface area contributed by atoms with Crippen LogP contribution in [0.15, 0.2) is 15.2 Å². The van der Waals surface area contributed by atoms with Gasteiger partial charge in [-0.05, 0) is 41.4 Å². The molecule has 1 heterocycles. The Kier molecular flexibility index (Phi) is 3.09. The number of Topliss-reactive ketones (excluding diaryl/α,β-unsaturated/α-hetero) is 1. The number of ketones is 1. The molecule has 0 bridgehead atoms. The van der Waals surface area contributed by atoms with Gasteiger partial charge in [-0.2, -0.15) is 0 Å². The minimum atomic E-state index is 0.196. The van der Waals surface area contributed by atoms with E-state index in [-0.39, 0.29) is 5.78 Å². The van der Waals surface area contributed by atoms with E-state index in [0.29, 0.717) is 12.8 Å². The van der Waals surface area contributed by atoms with Crippen LogP contribution in [-0.4, -0.2) is 5.78 Å². The molecule has 0 atom stereocenters. The average Bonchev–Trinajstić information content (AvgIpc) is 2.26. The number of aryl methyl sites for hydroxylation is 2. The van der Waals surface area contributed by atoms with E-state index in [1.54, 1.807) is 6.92 Å². The second-order valence-electron chi connectivity index (χ2n) is 2.86. The Morgan fingerprint density at radius 3 is 2.75 bits per heavy atom. The molecule has 0 saturated carbocycles. The maximum Gasteiger partial charge on any atom is 0.169 e. The van der Waals surface area contributed by atoms with Crippen LogP contribution in [0, 0.1) is 6.92 Å².